The van der Waals surface area contributed by atoms with Gasteiger partial charge in [0.2, 0.25) is 0 Å². The van der Waals surface area contributed by atoms with Gasteiger partial charge < -0.3 is 14.6 Å². The molecule has 2 aliphatic rings. The highest BCUT2D eigenvalue weighted by atomic mass is 16.3. The summed E-state index contributed by atoms with van der Waals surface area (Å²) in [6.07, 6.45) is 5.42. The zero-order chi connectivity index (χ0) is 14.7. The average Bonchev–Trinajstić information content (AvgIpc) is 3.01. The SMILES string of the molecule is Cc1oc(CN(C)CCN2CCCC2)cc1CNC1CC1. The zero-order valence-electron chi connectivity index (χ0n) is 13.5. The molecule has 1 aromatic heterocycles. The Morgan fingerprint density at radius 2 is 2.10 bits per heavy atom. The monoisotopic (exact) mass is 291 g/mol. The molecule has 0 atom stereocenters. The Morgan fingerprint density at radius 3 is 2.81 bits per heavy atom. The van der Waals surface area contributed by atoms with Crippen LogP contribution in [0.5, 0.6) is 0 Å². The van der Waals surface area contributed by atoms with Gasteiger partial charge in [0.15, 0.2) is 0 Å². The summed E-state index contributed by atoms with van der Waals surface area (Å²) in [7, 11) is 2.19. The van der Waals surface area contributed by atoms with Gasteiger partial charge in [0.05, 0.1) is 6.54 Å². The van der Waals surface area contributed by atoms with E-state index in [4.69, 9.17) is 4.42 Å². The lowest BCUT2D eigenvalue weighted by Gasteiger charge is -2.20. The van der Waals surface area contributed by atoms with E-state index >= 15 is 0 Å². The van der Waals surface area contributed by atoms with E-state index in [1.165, 1.54) is 50.9 Å². The van der Waals surface area contributed by atoms with Crippen LogP contribution in [-0.4, -0.2) is 49.1 Å². The smallest absolute Gasteiger partial charge is 0.118 e. The van der Waals surface area contributed by atoms with Gasteiger partial charge in [-0.05, 0) is 58.8 Å². The van der Waals surface area contributed by atoms with E-state index in [2.05, 4.69) is 35.2 Å². The highest BCUT2D eigenvalue weighted by Gasteiger charge is 2.21. The van der Waals surface area contributed by atoms with Crippen LogP contribution in [0.2, 0.25) is 0 Å². The first-order chi connectivity index (χ1) is 10.2. The molecule has 3 rings (SSSR count). The predicted molar refractivity (Wildman–Crippen MR) is 85.3 cm³/mol. The third-order valence-corrected chi connectivity index (χ3v) is 4.65. The van der Waals surface area contributed by atoms with Gasteiger partial charge in [-0.1, -0.05) is 0 Å². The first kappa shape index (κ1) is 15.1. The Kier molecular flexibility index (Phi) is 4.99. The molecule has 1 aliphatic heterocycles. The van der Waals surface area contributed by atoms with E-state index in [0.717, 1.165) is 37.2 Å². The lowest BCUT2D eigenvalue weighted by Crippen LogP contribution is -2.31. The molecule has 2 heterocycles. The Bertz CT molecular complexity index is 447. The van der Waals surface area contributed by atoms with Crippen LogP contribution in [-0.2, 0) is 13.1 Å². The minimum Gasteiger partial charge on any atom is -0.465 e. The third kappa shape index (κ3) is 4.56. The van der Waals surface area contributed by atoms with Crippen LogP contribution >= 0.6 is 0 Å². The van der Waals surface area contributed by atoms with Crippen molar-refractivity contribution in [1.29, 1.82) is 0 Å². The summed E-state index contributed by atoms with van der Waals surface area (Å²) in [6.45, 7) is 8.82. The van der Waals surface area contributed by atoms with Crippen molar-refractivity contribution in [2.75, 3.05) is 33.2 Å². The number of nitrogens with one attached hydrogen (secondary N) is 1. The predicted octanol–water partition coefficient (Wildman–Crippen LogP) is 2.37. The minimum absolute atomic E-state index is 0.755. The highest BCUT2D eigenvalue weighted by molar-refractivity contribution is 5.21. The summed E-state index contributed by atoms with van der Waals surface area (Å²) < 4.78 is 5.91. The first-order valence-electron chi connectivity index (χ1n) is 8.43. The van der Waals surface area contributed by atoms with Crippen LogP contribution in [0.15, 0.2) is 10.5 Å². The molecule has 1 saturated heterocycles. The van der Waals surface area contributed by atoms with Crippen LogP contribution in [0.25, 0.3) is 0 Å². The van der Waals surface area contributed by atoms with Gasteiger partial charge in [-0.3, -0.25) is 4.90 Å². The maximum Gasteiger partial charge on any atom is 0.118 e. The quantitative estimate of drug-likeness (QED) is 0.797. The Hall–Kier alpha value is -0.840. The van der Waals surface area contributed by atoms with Gasteiger partial charge in [0.25, 0.3) is 0 Å². The van der Waals surface area contributed by atoms with E-state index < -0.39 is 0 Å². The van der Waals surface area contributed by atoms with Gasteiger partial charge in [0.1, 0.15) is 11.5 Å². The number of hydrogen-bond acceptors (Lipinski definition) is 4. The molecule has 21 heavy (non-hydrogen) atoms. The maximum absolute atomic E-state index is 5.91. The molecular weight excluding hydrogens is 262 g/mol. The molecule has 0 aromatic carbocycles. The summed E-state index contributed by atoms with van der Waals surface area (Å²) >= 11 is 0. The Morgan fingerprint density at radius 1 is 1.33 bits per heavy atom. The molecule has 1 aliphatic carbocycles. The molecule has 4 heteroatoms. The maximum atomic E-state index is 5.91. The number of rotatable bonds is 8. The fourth-order valence-electron chi connectivity index (χ4n) is 3.05. The van der Waals surface area contributed by atoms with Gasteiger partial charge >= 0.3 is 0 Å². The minimum atomic E-state index is 0.755. The van der Waals surface area contributed by atoms with E-state index in [-0.39, 0.29) is 0 Å². The molecule has 118 valence electrons. The topological polar surface area (TPSA) is 31.7 Å². The summed E-state index contributed by atoms with van der Waals surface area (Å²) in [5.74, 6) is 2.18. The summed E-state index contributed by atoms with van der Waals surface area (Å²) in [6, 6.07) is 2.99. The van der Waals surface area contributed by atoms with E-state index in [1.54, 1.807) is 0 Å². The van der Waals surface area contributed by atoms with Crippen molar-refractivity contribution < 1.29 is 4.42 Å². The third-order valence-electron chi connectivity index (χ3n) is 4.65. The van der Waals surface area contributed by atoms with Gasteiger partial charge in [-0.15, -0.1) is 0 Å². The number of furan rings is 1. The van der Waals surface area contributed by atoms with Crippen molar-refractivity contribution in [3.63, 3.8) is 0 Å². The largest absolute Gasteiger partial charge is 0.465 e. The van der Waals surface area contributed by atoms with E-state index in [9.17, 15) is 0 Å². The fraction of sp³-hybridized carbons (Fsp3) is 0.765. The van der Waals surface area contributed by atoms with Crippen molar-refractivity contribution >= 4 is 0 Å². The fourth-order valence-corrected chi connectivity index (χ4v) is 3.05. The van der Waals surface area contributed by atoms with Crippen LogP contribution < -0.4 is 5.32 Å². The van der Waals surface area contributed by atoms with Crippen LogP contribution in [0.1, 0.15) is 42.8 Å². The molecule has 0 amide bonds. The standard InChI is InChI=1S/C17H29N3O/c1-14-15(12-18-16-5-6-16)11-17(21-14)13-19(2)9-10-20-7-3-4-8-20/h11,16,18H,3-10,12-13H2,1-2H3. The molecule has 2 fully saturated rings. The van der Waals surface area contributed by atoms with Gasteiger partial charge in [-0.2, -0.15) is 0 Å². The summed E-state index contributed by atoms with van der Waals surface area (Å²) in [5, 5.41) is 3.56. The Labute approximate surface area is 128 Å². The van der Waals surface area contributed by atoms with Crippen molar-refractivity contribution in [3.05, 3.63) is 23.2 Å². The lowest BCUT2D eigenvalue weighted by molar-refractivity contribution is 0.238. The number of hydrogen-bond donors (Lipinski definition) is 1. The second kappa shape index (κ2) is 6.95. The average molecular weight is 291 g/mol. The van der Waals surface area contributed by atoms with Crippen molar-refractivity contribution in [2.24, 2.45) is 0 Å². The summed E-state index contributed by atoms with van der Waals surface area (Å²) in [5.41, 5.74) is 1.32. The number of likely N-dealkylation sites (N-methyl/N-ethyl adjacent to an activating group) is 1. The molecule has 0 unspecified atom stereocenters. The van der Waals surface area contributed by atoms with E-state index in [1.807, 2.05) is 0 Å². The van der Waals surface area contributed by atoms with Crippen LogP contribution in [0.4, 0.5) is 0 Å². The lowest BCUT2D eigenvalue weighted by atomic mass is 10.2. The first-order valence-corrected chi connectivity index (χ1v) is 8.43. The van der Waals surface area contributed by atoms with Crippen LogP contribution in [0, 0.1) is 6.92 Å². The molecule has 1 saturated carbocycles. The molecule has 1 aromatic rings. The van der Waals surface area contributed by atoms with Gasteiger partial charge in [0, 0.05) is 31.2 Å². The number of nitrogens with zero attached hydrogens (tertiary/aromatic N) is 2. The molecule has 1 N–H and O–H groups in total. The molecule has 4 nitrogen and oxygen atoms in total. The van der Waals surface area contributed by atoms with Crippen molar-refractivity contribution in [2.45, 2.75) is 51.7 Å². The molecule has 0 spiro atoms. The normalized spacial score (nSPS) is 19.8. The summed E-state index contributed by atoms with van der Waals surface area (Å²) in [4.78, 5) is 4.93. The second-order valence-electron chi connectivity index (χ2n) is 6.74. The number of aryl methyl sites for hydroxylation is 1. The number of likely N-dealkylation sites (tertiary alicyclic amines) is 1. The van der Waals surface area contributed by atoms with Crippen molar-refractivity contribution in [1.82, 2.24) is 15.1 Å². The highest BCUT2D eigenvalue weighted by Crippen LogP contribution is 2.21. The van der Waals surface area contributed by atoms with Crippen LogP contribution in [0.3, 0.4) is 0 Å². The molecule has 0 bridgehead atoms. The van der Waals surface area contributed by atoms with Crippen molar-refractivity contribution in [3.8, 4) is 0 Å². The van der Waals surface area contributed by atoms with E-state index in [0.29, 0.717) is 0 Å². The second-order valence-corrected chi connectivity index (χ2v) is 6.74. The van der Waals surface area contributed by atoms with Gasteiger partial charge in [-0.25, -0.2) is 0 Å². The molecular formula is C17H29N3O. The Balaban J connectivity index is 1.43. The molecule has 0 radical (unpaired) electrons. The zero-order valence-corrected chi connectivity index (χ0v) is 13.5.